The van der Waals surface area contributed by atoms with Gasteiger partial charge in [0.05, 0.1) is 0 Å². The molecule has 4 heteroatoms. The van der Waals surface area contributed by atoms with Gasteiger partial charge in [0.15, 0.2) is 0 Å². The predicted octanol–water partition coefficient (Wildman–Crippen LogP) is 2.47. The van der Waals surface area contributed by atoms with Crippen LogP contribution in [0.5, 0.6) is 0 Å². The van der Waals surface area contributed by atoms with Crippen molar-refractivity contribution < 1.29 is 9.59 Å². The van der Waals surface area contributed by atoms with Crippen molar-refractivity contribution >= 4 is 11.8 Å². The van der Waals surface area contributed by atoms with Crippen molar-refractivity contribution in [3.8, 4) is 0 Å². The van der Waals surface area contributed by atoms with Crippen LogP contribution >= 0.6 is 0 Å². The van der Waals surface area contributed by atoms with Gasteiger partial charge < -0.3 is 10.2 Å². The molecule has 20 heavy (non-hydrogen) atoms. The molecule has 0 aromatic heterocycles. The van der Waals surface area contributed by atoms with E-state index in [0.29, 0.717) is 19.5 Å². The molecule has 0 bridgehead atoms. The van der Waals surface area contributed by atoms with Crippen molar-refractivity contribution in [3.63, 3.8) is 0 Å². The molecule has 2 amide bonds. The molecule has 1 aliphatic carbocycles. The quantitative estimate of drug-likeness (QED) is 0.860. The van der Waals surface area contributed by atoms with Crippen molar-refractivity contribution in [2.45, 2.75) is 70.8 Å². The van der Waals surface area contributed by atoms with Crippen LogP contribution in [0.3, 0.4) is 0 Å². The van der Waals surface area contributed by atoms with Crippen molar-refractivity contribution in [1.82, 2.24) is 10.2 Å². The first kappa shape index (κ1) is 15.3. The molecule has 1 N–H and O–H groups in total. The molecule has 0 spiro atoms. The molecule has 1 heterocycles. The fraction of sp³-hybridized carbons (Fsp3) is 0.875. The summed E-state index contributed by atoms with van der Waals surface area (Å²) >= 11 is 0. The number of amides is 2. The minimum atomic E-state index is -0.694. The second-order valence-corrected chi connectivity index (χ2v) is 6.76. The summed E-state index contributed by atoms with van der Waals surface area (Å²) in [5.41, 5.74) is -0.694. The van der Waals surface area contributed by atoms with E-state index in [4.69, 9.17) is 0 Å². The summed E-state index contributed by atoms with van der Waals surface area (Å²) in [6.07, 6.45) is 9.51. The van der Waals surface area contributed by atoms with Crippen molar-refractivity contribution in [3.05, 3.63) is 0 Å². The molecule has 0 unspecified atom stereocenters. The first-order valence-corrected chi connectivity index (χ1v) is 8.10. The molecule has 2 fully saturated rings. The van der Waals surface area contributed by atoms with Crippen LogP contribution in [-0.4, -0.2) is 35.3 Å². The maximum atomic E-state index is 12.3. The highest BCUT2D eigenvalue weighted by atomic mass is 16.2. The zero-order chi connectivity index (χ0) is 14.6. The third kappa shape index (κ3) is 3.53. The van der Waals surface area contributed by atoms with E-state index in [9.17, 15) is 9.59 Å². The largest absolute Gasteiger partial charge is 0.352 e. The number of nitrogens with zero attached hydrogens (tertiary/aromatic N) is 1. The molecule has 1 saturated heterocycles. The maximum Gasteiger partial charge on any atom is 0.245 e. The predicted molar refractivity (Wildman–Crippen MR) is 79.2 cm³/mol. The molecular formula is C16H28N2O2. The molecule has 114 valence electrons. The fourth-order valence-corrected chi connectivity index (χ4v) is 3.49. The number of carbonyl (C=O) groups excluding carboxylic acids is 2. The Morgan fingerprint density at radius 3 is 2.70 bits per heavy atom. The monoisotopic (exact) mass is 280 g/mol. The van der Waals surface area contributed by atoms with Crippen LogP contribution in [0.4, 0.5) is 0 Å². The SMILES string of the molecule is CC1(C)C(=O)NCCN1C(=O)CCCC1CCCCC1. The van der Waals surface area contributed by atoms with Gasteiger partial charge in [0, 0.05) is 19.5 Å². The minimum Gasteiger partial charge on any atom is -0.352 e. The Labute approximate surface area is 122 Å². The number of hydrogen-bond acceptors (Lipinski definition) is 2. The lowest BCUT2D eigenvalue weighted by Gasteiger charge is -2.41. The highest BCUT2D eigenvalue weighted by Crippen LogP contribution is 2.28. The van der Waals surface area contributed by atoms with Crippen LogP contribution in [0.2, 0.25) is 0 Å². The van der Waals surface area contributed by atoms with E-state index >= 15 is 0 Å². The summed E-state index contributed by atoms with van der Waals surface area (Å²) in [6.45, 7) is 4.89. The van der Waals surface area contributed by atoms with Gasteiger partial charge in [-0.15, -0.1) is 0 Å². The van der Waals surface area contributed by atoms with Crippen LogP contribution in [0.15, 0.2) is 0 Å². The van der Waals surface area contributed by atoms with Crippen LogP contribution in [0.25, 0.3) is 0 Å². The molecule has 2 aliphatic rings. The number of piperazine rings is 1. The van der Waals surface area contributed by atoms with E-state index in [2.05, 4.69) is 5.32 Å². The van der Waals surface area contributed by atoms with Crippen molar-refractivity contribution in [2.75, 3.05) is 13.1 Å². The lowest BCUT2D eigenvalue weighted by molar-refractivity contribution is -0.149. The summed E-state index contributed by atoms with van der Waals surface area (Å²) in [5, 5.41) is 2.83. The lowest BCUT2D eigenvalue weighted by Crippen LogP contribution is -2.63. The lowest BCUT2D eigenvalue weighted by atomic mass is 9.85. The van der Waals surface area contributed by atoms with E-state index in [1.807, 2.05) is 13.8 Å². The van der Waals surface area contributed by atoms with Crippen LogP contribution < -0.4 is 5.32 Å². The van der Waals surface area contributed by atoms with Crippen molar-refractivity contribution in [2.24, 2.45) is 5.92 Å². The minimum absolute atomic E-state index is 0.0376. The molecule has 0 radical (unpaired) electrons. The second-order valence-electron chi connectivity index (χ2n) is 6.76. The summed E-state index contributed by atoms with van der Waals surface area (Å²) in [7, 11) is 0. The molecular weight excluding hydrogens is 252 g/mol. The molecule has 4 nitrogen and oxygen atoms in total. The number of hydrogen-bond donors (Lipinski definition) is 1. The average Bonchev–Trinajstić information content (AvgIpc) is 2.43. The van der Waals surface area contributed by atoms with E-state index < -0.39 is 5.54 Å². The van der Waals surface area contributed by atoms with Crippen molar-refractivity contribution in [1.29, 1.82) is 0 Å². The topological polar surface area (TPSA) is 49.4 Å². The second kappa shape index (κ2) is 6.59. The zero-order valence-corrected chi connectivity index (χ0v) is 12.9. The zero-order valence-electron chi connectivity index (χ0n) is 12.9. The summed E-state index contributed by atoms with van der Waals surface area (Å²) in [6, 6.07) is 0. The molecule has 0 aromatic carbocycles. The smallest absolute Gasteiger partial charge is 0.245 e. The highest BCUT2D eigenvalue weighted by Gasteiger charge is 2.39. The fourth-order valence-electron chi connectivity index (χ4n) is 3.49. The Morgan fingerprint density at radius 1 is 1.30 bits per heavy atom. The van der Waals surface area contributed by atoms with E-state index in [1.165, 1.54) is 38.5 Å². The summed E-state index contributed by atoms with van der Waals surface area (Å²) in [5.74, 6) is 0.930. The summed E-state index contributed by atoms with van der Waals surface area (Å²) in [4.78, 5) is 26.0. The van der Waals surface area contributed by atoms with Gasteiger partial charge in [-0.25, -0.2) is 0 Å². The molecule has 1 saturated carbocycles. The highest BCUT2D eigenvalue weighted by molar-refractivity contribution is 5.91. The van der Waals surface area contributed by atoms with Crippen LogP contribution in [-0.2, 0) is 9.59 Å². The maximum absolute atomic E-state index is 12.3. The van der Waals surface area contributed by atoms with Gasteiger partial charge in [0.2, 0.25) is 11.8 Å². The van der Waals surface area contributed by atoms with Crippen LogP contribution in [0.1, 0.15) is 65.2 Å². The average molecular weight is 280 g/mol. The van der Waals surface area contributed by atoms with E-state index in [-0.39, 0.29) is 11.8 Å². The van der Waals surface area contributed by atoms with E-state index in [0.717, 1.165) is 12.3 Å². The Kier molecular flexibility index (Phi) is 5.06. The third-order valence-electron chi connectivity index (χ3n) is 4.88. The number of rotatable bonds is 4. The van der Waals surface area contributed by atoms with Crippen LogP contribution in [0, 0.1) is 5.92 Å². The van der Waals surface area contributed by atoms with Gasteiger partial charge in [0.1, 0.15) is 5.54 Å². The Balaban J connectivity index is 1.77. The van der Waals surface area contributed by atoms with Gasteiger partial charge in [0.25, 0.3) is 0 Å². The normalized spacial score (nSPS) is 23.5. The van der Waals surface area contributed by atoms with Gasteiger partial charge in [-0.2, -0.15) is 0 Å². The van der Waals surface area contributed by atoms with Gasteiger partial charge >= 0.3 is 0 Å². The molecule has 0 aromatic rings. The van der Waals surface area contributed by atoms with Gasteiger partial charge in [-0.1, -0.05) is 32.1 Å². The molecule has 1 aliphatic heterocycles. The van der Waals surface area contributed by atoms with Gasteiger partial charge in [-0.3, -0.25) is 9.59 Å². The number of carbonyl (C=O) groups is 2. The Hall–Kier alpha value is -1.06. The van der Waals surface area contributed by atoms with E-state index in [1.54, 1.807) is 4.90 Å². The first-order chi connectivity index (χ1) is 9.51. The molecule has 0 atom stereocenters. The summed E-state index contributed by atoms with van der Waals surface area (Å²) < 4.78 is 0. The van der Waals surface area contributed by atoms with Gasteiger partial charge in [-0.05, 0) is 32.6 Å². The third-order valence-corrected chi connectivity index (χ3v) is 4.88. The standard InChI is InChI=1S/C16H28N2O2/c1-16(2)15(20)17-11-12-18(16)14(19)10-6-9-13-7-4-3-5-8-13/h13H,3-12H2,1-2H3,(H,17,20). The Bertz CT molecular complexity index is 359. The Morgan fingerprint density at radius 2 is 2.00 bits per heavy atom. The number of nitrogens with one attached hydrogen (secondary N) is 1. The molecule has 2 rings (SSSR count). The first-order valence-electron chi connectivity index (χ1n) is 8.10.